The van der Waals surface area contributed by atoms with Crippen molar-refractivity contribution in [3.63, 3.8) is 0 Å². The number of sulfone groups is 1. The molecule has 1 saturated carbocycles. The standard InChI is InChI=1S/C28H29F3N4O6S/c1-15-12-16(13-22(35-28(37)38)26(15)41-10-11-42(2,39)40)17-8-9-32-14-23(17)34-27(36)21-7-6-20(31)25(33-21)24-18(29)4-3-5-19(24)30/h3-9,14-16,22,26,35H,10-13H2,1-2H3,(H,34,36)(H,37,38)/t15-,16+,22+,26-/m1/s1. The number of hydrogen-bond donors (Lipinski definition) is 3. The highest BCUT2D eigenvalue weighted by Gasteiger charge is 2.39. The predicted molar refractivity (Wildman–Crippen MR) is 147 cm³/mol. The smallest absolute Gasteiger partial charge is 0.404 e. The molecule has 3 aromatic rings. The second-order valence-corrected chi connectivity index (χ2v) is 12.5. The van der Waals surface area contributed by atoms with Gasteiger partial charge < -0.3 is 20.5 Å². The summed E-state index contributed by atoms with van der Waals surface area (Å²) in [5, 5.41) is 14.6. The summed E-state index contributed by atoms with van der Waals surface area (Å²) >= 11 is 0. The summed E-state index contributed by atoms with van der Waals surface area (Å²) < 4.78 is 72.0. The number of anilines is 1. The molecule has 0 bridgehead atoms. The van der Waals surface area contributed by atoms with Crippen LogP contribution in [-0.2, 0) is 14.6 Å². The molecule has 1 aliphatic carbocycles. The van der Waals surface area contributed by atoms with Gasteiger partial charge in [0.05, 0.1) is 42.0 Å². The van der Waals surface area contributed by atoms with Crippen LogP contribution in [-0.4, -0.2) is 66.3 Å². The van der Waals surface area contributed by atoms with Gasteiger partial charge in [0, 0.05) is 12.5 Å². The van der Waals surface area contributed by atoms with E-state index in [1.54, 1.807) is 6.07 Å². The van der Waals surface area contributed by atoms with E-state index in [9.17, 15) is 36.3 Å². The number of carboxylic acid groups (broad SMARTS) is 1. The first-order valence-corrected chi connectivity index (χ1v) is 15.0. The summed E-state index contributed by atoms with van der Waals surface area (Å²) in [6, 6.07) is 6.00. The first-order chi connectivity index (χ1) is 19.8. The zero-order valence-corrected chi connectivity index (χ0v) is 23.5. The Bertz CT molecular complexity index is 1570. The van der Waals surface area contributed by atoms with Crippen LogP contribution in [0.2, 0.25) is 0 Å². The number of benzene rings is 1. The minimum atomic E-state index is -3.27. The third-order valence-corrected chi connectivity index (χ3v) is 7.95. The van der Waals surface area contributed by atoms with Gasteiger partial charge in [0.1, 0.15) is 38.7 Å². The van der Waals surface area contributed by atoms with Gasteiger partial charge in [0.2, 0.25) is 0 Å². The van der Waals surface area contributed by atoms with E-state index in [4.69, 9.17) is 4.74 Å². The van der Waals surface area contributed by atoms with E-state index in [1.807, 2.05) is 6.92 Å². The Morgan fingerprint density at radius 2 is 1.79 bits per heavy atom. The van der Waals surface area contributed by atoms with Crippen LogP contribution in [0.1, 0.15) is 41.7 Å². The van der Waals surface area contributed by atoms with Crippen molar-refractivity contribution in [2.24, 2.45) is 5.92 Å². The summed E-state index contributed by atoms with van der Waals surface area (Å²) in [4.78, 5) is 32.7. The fourth-order valence-corrected chi connectivity index (χ4v) is 5.60. The largest absolute Gasteiger partial charge is 0.465 e. The molecule has 3 N–H and O–H groups in total. The molecule has 2 amide bonds. The molecule has 4 rings (SSSR count). The summed E-state index contributed by atoms with van der Waals surface area (Å²) in [7, 11) is -3.27. The van der Waals surface area contributed by atoms with Crippen molar-refractivity contribution in [1.82, 2.24) is 15.3 Å². The summed E-state index contributed by atoms with van der Waals surface area (Å²) in [5.74, 6) is -4.55. The van der Waals surface area contributed by atoms with Gasteiger partial charge in [-0.3, -0.25) is 9.78 Å². The number of aromatic nitrogens is 2. The van der Waals surface area contributed by atoms with Crippen molar-refractivity contribution in [3.8, 4) is 11.3 Å². The van der Waals surface area contributed by atoms with E-state index in [2.05, 4.69) is 20.6 Å². The lowest BCUT2D eigenvalue weighted by molar-refractivity contribution is -0.0237. The van der Waals surface area contributed by atoms with Gasteiger partial charge >= 0.3 is 6.09 Å². The van der Waals surface area contributed by atoms with E-state index in [0.29, 0.717) is 12.0 Å². The molecule has 0 saturated heterocycles. The SMILES string of the molecule is C[C@@H]1C[C@H](c2ccncc2NC(=O)c2ccc(F)c(-c3c(F)cccc3F)n2)C[C@H](NC(=O)O)[C@@H]1OCCS(C)(=O)=O. The van der Waals surface area contributed by atoms with E-state index in [-0.39, 0.29) is 42.0 Å². The monoisotopic (exact) mass is 606 g/mol. The van der Waals surface area contributed by atoms with Gasteiger partial charge in [0.15, 0.2) is 0 Å². The van der Waals surface area contributed by atoms with Crippen molar-refractivity contribution < 1.29 is 41.0 Å². The number of carbonyl (C=O) groups excluding carboxylic acids is 1. The lowest BCUT2D eigenvalue weighted by Crippen LogP contribution is -2.51. The molecule has 0 unspecified atom stereocenters. The number of nitrogens with zero attached hydrogens (tertiary/aromatic N) is 2. The zero-order valence-electron chi connectivity index (χ0n) is 22.7. The maximum Gasteiger partial charge on any atom is 0.404 e. The Labute approximate surface area is 240 Å². The minimum absolute atomic E-state index is 0.0870. The van der Waals surface area contributed by atoms with Gasteiger partial charge in [-0.15, -0.1) is 0 Å². The number of ether oxygens (including phenoxy) is 1. The molecule has 0 spiro atoms. The zero-order chi connectivity index (χ0) is 30.6. The van der Waals surface area contributed by atoms with Crippen molar-refractivity contribution in [1.29, 1.82) is 0 Å². The molecule has 10 nitrogen and oxygen atoms in total. The number of pyridine rings is 2. The number of carbonyl (C=O) groups is 2. The molecular formula is C28H29F3N4O6S. The van der Waals surface area contributed by atoms with Crippen molar-refractivity contribution in [3.05, 3.63) is 77.5 Å². The molecule has 0 aliphatic heterocycles. The van der Waals surface area contributed by atoms with E-state index in [0.717, 1.165) is 36.6 Å². The molecule has 2 heterocycles. The Morgan fingerprint density at radius 3 is 2.45 bits per heavy atom. The number of nitrogens with one attached hydrogen (secondary N) is 2. The molecule has 1 aromatic carbocycles. The van der Waals surface area contributed by atoms with Gasteiger partial charge in [0.25, 0.3) is 5.91 Å². The molecule has 42 heavy (non-hydrogen) atoms. The summed E-state index contributed by atoms with van der Waals surface area (Å²) in [6.45, 7) is 1.77. The number of rotatable bonds is 9. The van der Waals surface area contributed by atoms with Crippen LogP contribution in [0.4, 0.5) is 23.7 Å². The molecule has 2 aromatic heterocycles. The van der Waals surface area contributed by atoms with E-state index >= 15 is 0 Å². The van der Waals surface area contributed by atoms with Gasteiger partial charge in [-0.2, -0.15) is 0 Å². The average Bonchev–Trinajstić information content (AvgIpc) is 2.90. The number of halogens is 3. The average molecular weight is 607 g/mol. The van der Waals surface area contributed by atoms with Crippen molar-refractivity contribution >= 4 is 27.5 Å². The van der Waals surface area contributed by atoms with E-state index in [1.165, 1.54) is 12.4 Å². The third-order valence-electron chi connectivity index (χ3n) is 7.05. The Hall–Kier alpha value is -4.04. The lowest BCUT2D eigenvalue weighted by atomic mass is 9.74. The number of amides is 2. The van der Waals surface area contributed by atoms with E-state index < -0.39 is 62.7 Å². The lowest BCUT2D eigenvalue weighted by Gasteiger charge is -2.40. The molecule has 0 radical (unpaired) electrons. The van der Waals surface area contributed by atoms with Crippen LogP contribution in [0.3, 0.4) is 0 Å². The summed E-state index contributed by atoms with van der Waals surface area (Å²) in [6.07, 6.45) is 2.94. The Balaban J connectivity index is 1.57. The van der Waals surface area contributed by atoms with Crippen LogP contribution >= 0.6 is 0 Å². The minimum Gasteiger partial charge on any atom is -0.465 e. The van der Waals surface area contributed by atoms with Crippen LogP contribution in [0.15, 0.2) is 48.8 Å². The molecule has 224 valence electrons. The highest BCUT2D eigenvalue weighted by molar-refractivity contribution is 7.90. The fraction of sp³-hybridized carbons (Fsp3) is 0.357. The highest BCUT2D eigenvalue weighted by Crippen LogP contribution is 2.40. The molecule has 1 fully saturated rings. The Kier molecular flexibility index (Phi) is 9.46. The maximum absolute atomic E-state index is 14.5. The second-order valence-electron chi connectivity index (χ2n) is 10.2. The maximum atomic E-state index is 14.5. The van der Waals surface area contributed by atoms with Crippen LogP contribution in [0.5, 0.6) is 0 Å². The van der Waals surface area contributed by atoms with Crippen molar-refractivity contribution in [2.75, 3.05) is 23.9 Å². The fourth-order valence-electron chi connectivity index (χ4n) is 5.21. The first-order valence-electron chi connectivity index (χ1n) is 13.0. The normalized spacial score (nSPS) is 20.6. The number of hydrogen-bond acceptors (Lipinski definition) is 7. The second kappa shape index (κ2) is 12.9. The Morgan fingerprint density at radius 1 is 1.07 bits per heavy atom. The van der Waals surface area contributed by atoms with Crippen LogP contribution < -0.4 is 10.6 Å². The van der Waals surface area contributed by atoms with Gasteiger partial charge in [-0.25, -0.2) is 31.4 Å². The quantitative estimate of drug-likeness (QED) is 0.325. The topological polar surface area (TPSA) is 148 Å². The third kappa shape index (κ3) is 7.42. The van der Waals surface area contributed by atoms with Crippen molar-refractivity contribution in [2.45, 2.75) is 37.8 Å². The predicted octanol–water partition coefficient (Wildman–Crippen LogP) is 4.39. The molecule has 4 atom stereocenters. The molecule has 1 aliphatic rings. The molecular weight excluding hydrogens is 577 g/mol. The van der Waals surface area contributed by atoms with Gasteiger partial charge in [-0.05, 0) is 60.6 Å². The highest BCUT2D eigenvalue weighted by atomic mass is 32.2. The van der Waals surface area contributed by atoms with Crippen LogP contribution in [0, 0.1) is 23.4 Å². The van der Waals surface area contributed by atoms with Gasteiger partial charge in [-0.1, -0.05) is 13.0 Å². The first kappa shape index (κ1) is 30.9. The summed E-state index contributed by atoms with van der Waals surface area (Å²) in [5.41, 5.74) is -0.733. The molecule has 14 heteroatoms. The van der Waals surface area contributed by atoms with Crippen LogP contribution in [0.25, 0.3) is 11.3 Å².